The number of para-hydroxylation sites is 1. The van der Waals surface area contributed by atoms with Gasteiger partial charge in [-0.3, -0.25) is 14.6 Å². The van der Waals surface area contributed by atoms with Crippen LogP contribution >= 0.6 is 0 Å². The zero-order chi connectivity index (χ0) is 21.8. The average molecular weight is 424 g/mol. The summed E-state index contributed by atoms with van der Waals surface area (Å²) in [6.45, 7) is 6.03. The molecule has 7 nitrogen and oxygen atoms in total. The third-order valence-electron chi connectivity index (χ3n) is 5.83. The van der Waals surface area contributed by atoms with E-state index in [2.05, 4.69) is 10.3 Å². The van der Waals surface area contributed by atoms with Crippen LogP contribution in [0.4, 0.5) is 0 Å². The summed E-state index contributed by atoms with van der Waals surface area (Å²) >= 11 is 0. The zero-order valence-corrected chi connectivity index (χ0v) is 18.1. The van der Waals surface area contributed by atoms with E-state index in [9.17, 15) is 9.59 Å². The Morgan fingerprint density at radius 2 is 1.94 bits per heavy atom. The van der Waals surface area contributed by atoms with E-state index in [0.717, 1.165) is 30.6 Å². The van der Waals surface area contributed by atoms with Crippen LogP contribution in [0.3, 0.4) is 0 Å². The van der Waals surface area contributed by atoms with Gasteiger partial charge < -0.3 is 19.7 Å². The molecule has 164 valence electrons. The molecule has 4 rings (SSSR count). The summed E-state index contributed by atoms with van der Waals surface area (Å²) in [6, 6.07) is 9.27. The Bertz CT molecular complexity index is 937. The van der Waals surface area contributed by atoms with Crippen LogP contribution in [0.2, 0.25) is 0 Å². The lowest BCUT2D eigenvalue weighted by molar-refractivity contribution is -0.123. The van der Waals surface area contributed by atoms with E-state index in [1.807, 2.05) is 36.9 Å². The minimum absolute atomic E-state index is 0.0408. The van der Waals surface area contributed by atoms with Crippen LogP contribution in [-0.2, 0) is 11.2 Å². The number of nitrogens with one attached hydrogen (secondary N) is 1. The summed E-state index contributed by atoms with van der Waals surface area (Å²) in [7, 11) is 0. The van der Waals surface area contributed by atoms with Crippen LogP contribution in [0, 0.1) is 5.92 Å². The van der Waals surface area contributed by atoms with Crippen molar-refractivity contribution in [3.05, 3.63) is 53.9 Å². The number of benzene rings is 1. The molecule has 2 amide bonds. The quantitative estimate of drug-likeness (QED) is 0.773. The number of aromatic nitrogens is 1. The van der Waals surface area contributed by atoms with Crippen molar-refractivity contribution in [3.63, 3.8) is 0 Å². The molecule has 3 heterocycles. The third-order valence-corrected chi connectivity index (χ3v) is 5.83. The lowest BCUT2D eigenvalue weighted by Crippen LogP contribution is -2.42. The van der Waals surface area contributed by atoms with Gasteiger partial charge in [0.15, 0.2) is 18.1 Å². The number of hydrogen-bond acceptors (Lipinski definition) is 5. The first-order valence-electron chi connectivity index (χ1n) is 10.8. The number of carbonyl (C=O) groups excluding carboxylic acids is 2. The fraction of sp³-hybridized carbons (Fsp3) is 0.458. The van der Waals surface area contributed by atoms with Gasteiger partial charge >= 0.3 is 0 Å². The van der Waals surface area contributed by atoms with E-state index in [-0.39, 0.29) is 24.0 Å². The predicted octanol–water partition coefficient (Wildman–Crippen LogP) is 2.84. The van der Waals surface area contributed by atoms with Crippen molar-refractivity contribution >= 4 is 11.8 Å². The highest BCUT2D eigenvalue weighted by atomic mass is 16.5. The van der Waals surface area contributed by atoms with Crippen molar-refractivity contribution in [1.82, 2.24) is 15.2 Å². The lowest BCUT2D eigenvalue weighted by atomic mass is 9.96. The first kappa shape index (κ1) is 21.2. The maximum absolute atomic E-state index is 12.5. The van der Waals surface area contributed by atoms with Crippen LogP contribution in [0.5, 0.6) is 11.5 Å². The topological polar surface area (TPSA) is 80.8 Å². The molecule has 7 heteroatoms. The van der Waals surface area contributed by atoms with Crippen LogP contribution in [-0.4, -0.2) is 53.5 Å². The number of amides is 2. The van der Waals surface area contributed by atoms with Crippen molar-refractivity contribution in [2.24, 2.45) is 5.92 Å². The van der Waals surface area contributed by atoms with Crippen molar-refractivity contribution in [2.45, 2.75) is 38.7 Å². The highest BCUT2D eigenvalue weighted by molar-refractivity contribution is 5.94. The molecule has 1 aromatic heterocycles. The Labute approximate surface area is 182 Å². The average Bonchev–Trinajstić information content (AvgIpc) is 3.11. The number of pyridine rings is 1. The van der Waals surface area contributed by atoms with Crippen molar-refractivity contribution in [3.8, 4) is 11.5 Å². The molecule has 2 aliphatic heterocycles. The SMILES string of the molecule is CC1(C)Cc2cccc(OCC(=O)NCC3CCN(C(=O)c4ccncc4)CC3)c2O1. The molecular formula is C24H29N3O4. The number of rotatable bonds is 6. The highest BCUT2D eigenvalue weighted by Gasteiger charge is 2.32. The Morgan fingerprint density at radius 3 is 2.68 bits per heavy atom. The monoisotopic (exact) mass is 423 g/mol. The molecule has 31 heavy (non-hydrogen) atoms. The molecular weight excluding hydrogens is 394 g/mol. The van der Waals surface area contributed by atoms with Crippen molar-refractivity contribution in [1.29, 1.82) is 0 Å². The maximum atomic E-state index is 12.5. The van der Waals surface area contributed by atoms with Gasteiger partial charge in [-0.15, -0.1) is 0 Å². The third kappa shape index (κ3) is 5.16. The van der Waals surface area contributed by atoms with Crippen LogP contribution in [0.15, 0.2) is 42.7 Å². The van der Waals surface area contributed by atoms with E-state index in [4.69, 9.17) is 9.47 Å². The van der Waals surface area contributed by atoms with E-state index in [1.54, 1.807) is 24.5 Å². The normalized spacial score (nSPS) is 17.5. The lowest BCUT2D eigenvalue weighted by Gasteiger charge is -2.32. The summed E-state index contributed by atoms with van der Waals surface area (Å²) in [4.78, 5) is 30.6. The molecule has 0 unspecified atom stereocenters. The number of ether oxygens (including phenoxy) is 2. The minimum atomic E-state index is -0.252. The van der Waals surface area contributed by atoms with Crippen molar-refractivity contribution in [2.75, 3.05) is 26.2 Å². The fourth-order valence-corrected chi connectivity index (χ4v) is 4.17. The van der Waals surface area contributed by atoms with Crippen molar-refractivity contribution < 1.29 is 19.1 Å². The van der Waals surface area contributed by atoms with Crippen LogP contribution in [0.1, 0.15) is 42.6 Å². The number of hydrogen-bond donors (Lipinski definition) is 1. The van der Waals surface area contributed by atoms with Gasteiger partial charge in [0.05, 0.1) is 0 Å². The Balaban J connectivity index is 1.20. The summed E-state index contributed by atoms with van der Waals surface area (Å²) in [5, 5.41) is 2.97. The number of piperidine rings is 1. The number of nitrogens with zero attached hydrogens (tertiary/aromatic N) is 2. The molecule has 0 aliphatic carbocycles. The van der Waals surface area contributed by atoms with E-state index in [1.165, 1.54) is 0 Å². The van der Waals surface area contributed by atoms with Gasteiger partial charge in [0.25, 0.3) is 11.8 Å². The van der Waals surface area contributed by atoms with Gasteiger partial charge in [-0.05, 0) is 50.8 Å². The molecule has 1 saturated heterocycles. The standard InChI is InChI=1S/C24H29N3O4/c1-24(2)14-19-4-3-5-20(22(19)31-24)30-16-21(28)26-15-17-8-12-27(13-9-17)23(29)18-6-10-25-11-7-18/h3-7,10-11,17H,8-9,12-16H2,1-2H3,(H,26,28). The van der Waals surface area contributed by atoms with Gasteiger partial charge in [0, 0.05) is 49.6 Å². The van der Waals surface area contributed by atoms with Gasteiger partial charge in [-0.1, -0.05) is 12.1 Å². The Morgan fingerprint density at radius 1 is 1.19 bits per heavy atom. The molecule has 1 aromatic carbocycles. The molecule has 1 fully saturated rings. The summed E-state index contributed by atoms with van der Waals surface area (Å²) < 4.78 is 11.7. The second-order valence-corrected chi connectivity index (χ2v) is 8.85. The van der Waals surface area contributed by atoms with Gasteiger partial charge in [0.2, 0.25) is 0 Å². The molecule has 1 N–H and O–H groups in total. The smallest absolute Gasteiger partial charge is 0.257 e. The molecule has 2 aromatic rings. The van der Waals surface area contributed by atoms with E-state index < -0.39 is 0 Å². The fourth-order valence-electron chi connectivity index (χ4n) is 4.17. The largest absolute Gasteiger partial charge is 0.483 e. The molecule has 2 aliphatic rings. The highest BCUT2D eigenvalue weighted by Crippen LogP contribution is 2.41. The number of carbonyl (C=O) groups is 2. The van der Waals surface area contributed by atoms with Gasteiger partial charge in [-0.25, -0.2) is 0 Å². The molecule has 0 saturated carbocycles. The van der Waals surface area contributed by atoms with Gasteiger partial charge in [-0.2, -0.15) is 0 Å². The summed E-state index contributed by atoms with van der Waals surface area (Å²) in [5.74, 6) is 1.60. The predicted molar refractivity (Wildman–Crippen MR) is 116 cm³/mol. The number of likely N-dealkylation sites (tertiary alicyclic amines) is 1. The molecule has 0 spiro atoms. The zero-order valence-electron chi connectivity index (χ0n) is 18.1. The molecule has 0 atom stereocenters. The Hall–Kier alpha value is -3.09. The van der Waals surface area contributed by atoms with E-state index >= 15 is 0 Å². The van der Waals surface area contributed by atoms with E-state index in [0.29, 0.717) is 36.9 Å². The van der Waals surface area contributed by atoms with Crippen LogP contribution < -0.4 is 14.8 Å². The second kappa shape index (κ2) is 8.96. The molecule has 0 radical (unpaired) electrons. The number of fused-ring (bicyclic) bond motifs is 1. The second-order valence-electron chi connectivity index (χ2n) is 8.85. The first-order chi connectivity index (χ1) is 14.9. The van der Waals surface area contributed by atoms with Crippen LogP contribution in [0.25, 0.3) is 0 Å². The first-order valence-corrected chi connectivity index (χ1v) is 10.8. The Kier molecular flexibility index (Phi) is 6.11. The summed E-state index contributed by atoms with van der Waals surface area (Å²) in [5.41, 5.74) is 1.52. The minimum Gasteiger partial charge on any atom is -0.483 e. The molecule has 0 bridgehead atoms. The summed E-state index contributed by atoms with van der Waals surface area (Å²) in [6.07, 6.45) is 5.83. The van der Waals surface area contributed by atoms with Gasteiger partial charge in [0.1, 0.15) is 5.60 Å². The maximum Gasteiger partial charge on any atom is 0.257 e.